The lowest BCUT2D eigenvalue weighted by Gasteiger charge is -2.25. The van der Waals surface area contributed by atoms with Crippen LogP contribution >= 0.6 is 0 Å². The van der Waals surface area contributed by atoms with E-state index < -0.39 is 0 Å². The fourth-order valence-corrected chi connectivity index (χ4v) is 2.97. The van der Waals surface area contributed by atoms with Crippen molar-refractivity contribution in [3.8, 4) is 11.5 Å². The first-order valence-corrected chi connectivity index (χ1v) is 6.99. The second-order valence-electron chi connectivity index (χ2n) is 5.24. The number of ether oxygens (including phenoxy) is 2. The van der Waals surface area contributed by atoms with Crippen LogP contribution in [-0.4, -0.2) is 19.3 Å². The van der Waals surface area contributed by atoms with Crippen molar-refractivity contribution in [2.45, 2.75) is 44.7 Å². The van der Waals surface area contributed by atoms with Gasteiger partial charge in [0.2, 0.25) is 0 Å². The summed E-state index contributed by atoms with van der Waals surface area (Å²) < 4.78 is 11.4. The fraction of sp³-hybridized carbons (Fsp3) is 0.600. The summed E-state index contributed by atoms with van der Waals surface area (Å²) in [5.74, 6) is 1.82. The van der Waals surface area contributed by atoms with E-state index in [1.54, 1.807) is 0 Å². The highest BCUT2D eigenvalue weighted by Crippen LogP contribution is 2.37. The van der Waals surface area contributed by atoms with Crippen molar-refractivity contribution in [1.82, 2.24) is 5.32 Å². The third-order valence-electron chi connectivity index (χ3n) is 3.90. The average Bonchev–Trinajstić information content (AvgIpc) is 2.91. The molecule has 3 rings (SSSR count). The van der Waals surface area contributed by atoms with Gasteiger partial charge in [-0.25, -0.2) is 0 Å². The molecule has 3 heteroatoms. The Balaban J connectivity index is 1.78. The van der Waals surface area contributed by atoms with Gasteiger partial charge in [-0.15, -0.1) is 0 Å². The molecule has 0 saturated heterocycles. The Kier molecular flexibility index (Phi) is 3.41. The molecule has 1 atom stereocenters. The maximum absolute atomic E-state index is 5.78. The molecular weight excluding hydrogens is 226 g/mol. The van der Waals surface area contributed by atoms with Crippen LogP contribution in [0.2, 0.25) is 0 Å². The van der Waals surface area contributed by atoms with Crippen LogP contribution in [0.5, 0.6) is 11.5 Å². The molecule has 1 aromatic rings. The van der Waals surface area contributed by atoms with E-state index in [0.717, 1.165) is 11.5 Å². The molecule has 1 unspecified atom stereocenters. The van der Waals surface area contributed by atoms with Crippen LogP contribution in [-0.2, 0) is 0 Å². The Labute approximate surface area is 108 Å². The molecule has 0 amide bonds. The fourth-order valence-electron chi connectivity index (χ4n) is 2.97. The van der Waals surface area contributed by atoms with Crippen LogP contribution in [0.15, 0.2) is 18.2 Å². The first-order valence-electron chi connectivity index (χ1n) is 6.99. The summed E-state index contributed by atoms with van der Waals surface area (Å²) in [6.07, 6.45) is 5.32. The molecule has 0 bridgehead atoms. The number of nitrogens with one attached hydrogen (secondary N) is 1. The average molecular weight is 247 g/mol. The minimum atomic E-state index is 0.324. The van der Waals surface area contributed by atoms with Crippen molar-refractivity contribution >= 4 is 0 Å². The van der Waals surface area contributed by atoms with Crippen LogP contribution < -0.4 is 14.8 Å². The lowest BCUT2D eigenvalue weighted by molar-refractivity contribution is 0.168. The maximum Gasteiger partial charge on any atom is 0.166 e. The summed E-state index contributed by atoms with van der Waals surface area (Å²) in [6.45, 7) is 3.52. The van der Waals surface area contributed by atoms with E-state index >= 15 is 0 Å². The normalized spacial score (nSPS) is 20.9. The van der Waals surface area contributed by atoms with Crippen molar-refractivity contribution in [3.63, 3.8) is 0 Å². The standard InChI is InChI=1S/C15H21NO2/c1-11(16-12-5-2-3-6-12)13-7-4-8-14-15(13)18-10-9-17-14/h4,7-8,11-12,16H,2-3,5-6,9-10H2,1H3. The van der Waals surface area contributed by atoms with E-state index in [2.05, 4.69) is 24.4 Å². The van der Waals surface area contributed by atoms with Crippen molar-refractivity contribution in [2.75, 3.05) is 13.2 Å². The second kappa shape index (κ2) is 5.19. The summed E-state index contributed by atoms with van der Waals surface area (Å²) >= 11 is 0. The van der Waals surface area contributed by atoms with E-state index in [9.17, 15) is 0 Å². The molecule has 1 N–H and O–H groups in total. The van der Waals surface area contributed by atoms with Gasteiger partial charge in [0, 0.05) is 17.6 Å². The zero-order chi connectivity index (χ0) is 12.4. The van der Waals surface area contributed by atoms with Crippen LogP contribution in [0, 0.1) is 0 Å². The maximum atomic E-state index is 5.78. The largest absolute Gasteiger partial charge is 0.486 e. The molecule has 0 spiro atoms. The van der Waals surface area contributed by atoms with Crippen LogP contribution in [0.3, 0.4) is 0 Å². The predicted octanol–water partition coefficient (Wildman–Crippen LogP) is 3.05. The van der Waals surface area contributed by atoms with Gasteiger partial charge in [-0.1, -0.05) is 25.0 Å². The number of para-hydroxylation sites is 1. The number of rotatable bonds is 3. The zero-order valence-corrected chi connectivity index (χ0v) is 10.9. The molecule has 1 aliphatic heterocycles. The van der Waals surface area contributed by atoms with Gasteiger partial charge in [0.25, 0.3) is 0 Å². The smallest absolute Gasteiger partial charge is 0.166 e. The number of hydrogen-bond donors (Lipinski definition) is 1. The summed E-state index contributed by atoms with van der Waals surface area (Å²) in [7, 11) is 0. The minimum absolute atomic E-state index is 0.324. The van der Waals surface area contributed by atoms with Crippen molar-refractivity contribution in [1.29, 1.82) is 0 Å². The van der Waals surface area contributed by atoms with Crippen molar-refractivity contribution in [3.05, 3.63) is 23.8 Å². The highest BCUT2D eigenvalue weighted by molar-refractivity contribution is 5.48. The van der Waals surface area contributed by atoms with Gasteiger partial charge in [0.15, 0.2) is 11.5 Å². The van der Waals surface area contributed by atoms with E-state index in [0.29, 0.717) is 25.3 Å². The molecular formula is C15H21NO2. The SMILES string of the molecule is CC(NC1CCCC1)c1cccc2c1OCCO2. The number of benzene rings is 1. The topological polar surface area (TPSA) is 30.5 Å². The van der Waals surface area contributed by atoms with Gasteiger partial charge in [-0.3, -0.25) is 0 Å². The monoisotopic (exact) mass is 247 g/mol. The van der Waals surface area contributed by atoms with Gasteiger partial charge in [-0.2, -0.15) is 0 Å². The van der Waals surface area contributed by atoms with Crippen LogP contribution in [0.1, 0.15) is 44.2 Å². The Morgan fingerprint density at radius 1 is 1.17 bits per heavy atom. The quantitative estimate of drug-likeness (QED) is 0.890. The third kappa shape index (κ3) is 2.32. The molecule has 1 heterocycles. The van der Waals surface area contributed by atoms with Gasteiger partial charge in [-0.05, 0) is 25.8 Å². The van der Waals surface area contributed by atoms with Gasteiger partial charge >= 0.3 is 0 Å². The molecule has 98 valence electrons. The van der Waals surface area contributed by atoms with E-state index in [1.807, 2.05) is 6.07 Å². The van der Waals surface area contributed by atoms with Crippen molar-refractivity contribution < 1.29 is 9.47 Å². The first kappa shape index (κ1) is 11.8. The highest BCUT2D eigenvalue weighted by Gasteiger charge is 2.22. The number of fused-ring (bicyclic) bond motifs is 1. The first-order chi connectivity index (χ1) is 8.84. The summed E-state index contributed by atoms with van der Waals surface area (Å²) in [4.78, 5) is 0. The molecule has 1 aliphatic carbocycles. The zero-order valence-electron chi connectivity index (χ0n) is 10.9. The Hall–Kier alpha value is -1.22. The van der Waals surface area contributed by atoms with Crippen LogP contribution in [0.4, 0.5) is 0 Å². The lowest BCUT2D eigenvalue weighted by atomic mass is 10.0. The summed E-state index contributed by atoms with van der Waals surface area (Å²) in [5.41, 5.74) is 1.22. The lowest BCUT2D eigenvalue weighted by Crippen LogP contribution is -2.29. The summed E-state index contributed by atoms with van der Waals surface area (Å²) in [5, 5.41) is 3.71. The number of hydrogen-bond acceptors (Lipinski definition) is 3. The van der Waals surface area contributed by atoms with E-state index in [1.165, 1.54) is 31.2 Å². The van der Waals surface area contributed by atoms with E-state index in [-0.39, 0.29) is 0 Å². The molecule has 1 aromatic carbocycles. The molecule has 0 radical (unpaired) electrons. The Morgan fingerprint density at radius 3 is 2.78 bits per heavy atom. The predicted molar refractivity (Wildman–Crippen MR) is 71.2 cm³/mol. The van der Waals surface area contributed by atoms with Gasteiger partial charge < -0.3 is 14.8 Å². The molecule has 0 aromatic heterocycles. The van der Waals surface area contributed by atoms with Crippen LogP contribution in [0.25, 0.3) is 0 Å². The molecule has 3 nitrogen and oxygen atoms in total. The van der Waals surface area contributed by atoms with Gasteiger partial charge in [0.1, 0.15) is 13.2 Å². The Bertz CT molecular complexity index is 413. The van der Waals surface area contributed by atoms with Gasteiger partial charge in [0.05, 0.1) is 0 Å². The molecule has 1 saturated carbocycles. The highest BCUT2D eigenvalue weighted by atomic mass is 16.6. The van der Waals surface area contributed by atoms with E-state index in [4.69, 9.17) is 9.47 Å². The summed E-state index contributed by atoms with van der Waals surface area (Å²) in [6, 6.07) is 7.17. The Morgan fingerprint density at radius 2 is 1.94 bits per heavy atom. The molecule has 1 fully saturated rings. The third-order valence-corrected chi connectivity index (χ3v) is 3.90. The molecule has 18 heavy (non-hydrogen) atoms. The molecule has 2 aliphatic rings. The van der Waals surface area contributed by atoms with Crippen molar-refractivity contribution in [2.24, 2.45) is 0 Å². The second-order valence-corrected chi connectivity index (χ2v) is 5.24. The minimum Gasteiger partial charge on any atom is -0.486 e.